The molecule has 3 rings (SSSR count). The van der Waals surface area contributed by atoms with Gasteiger partial charge in [-0.15, -0.1) is 0 Å². The van der Waals surface area contributed by atoms with Gasteiger partial charge in [-0.3, -0.25) is 0 Å². The molecule has 3 atom stereocenters. The molecule has 3 nitrogen and oxygen atoms in total. The molecule has 4 heteroatoms. The molecule has 0 saturated heterocycles. The summed E-state index contributed by atoms with van der Waals surface area (Å²) in [6.07, 6.45) is 3.69. The fourth-order valence-electron chi connectivity index (χ4n) is 3.23. The van der Waals surface area contributed by atoms with E-state index >= 15 is 0 Å². The highest BCUT2D eigenvalue weighted by Gasteiger charge is 2.27. The van der Waals surface area contributed by atoms with Crippen molar-refractivity contribution in [2.75, 3.05) is 5.73 Å². The molecule has 1 aromatic heterocycles. The first-order valence-corrected chi connectivity index (χ1v) is 7.78. The minimum absolute atomic E-state index is 0.498. The Morgan fingerprint density at radius 3 is 2.79 bits per heavy atom. The zero-order valence-corrected chi connectivity index (χ0v) is 13.0. The number of benzene rings is 1. The maximum Gasteiger partial charge on any atom is 0.201 e. The van der Waals surface area contributed by atoms with Gasteiger partial charge >= 0.3 is 0 Å². The van der Waals surface area contributed by atoms with Crippen LogP contribution >= 0.6 is 15.9 Å². The van der Waals surface area contributed by atoms with Gasteiger partial charge in [-0.25, -0.2) is 4.98 Å². The fraction of sp³-hybridized carbons (Fsp3) is 0.533. The Kier molecular flexibility index (Phi) is 3.29. The van der Waals surface area contributed by atoms with Gasteiger partial charge in [0.2, 0.25) is 5.95 Å². The minimum atomic E-state index is 0.498. The van der Waals surface area contributed by atoms with Crippen LogP contribution in [0.2, 0.25) is 0 Å². The van der Waals surface area contributed by atoms with Crippen LogP contribution in [0.1, 0.15) is 39.2 Å². The van der Waals surface area contributed by atoms with Crippen LogP contribution in [0.25, 0.3) is 11.0 Å². The Bertz CT molecular complexity index is 605. The number of imidazole rings is 1. The van der Waals surface area contributed by atoms with Crippen LogP contribution in [-0.4, -0.2) is 9.55 Å². The van der Waals surface area contributed by atoms with E-state index in [1.807, 2.05) is 6.07 Å². The number of hydrogen-bond donors (Lipinski definition) is 1. The molecule has 3 unspecified atom stereocenters. The Balaban J connectivity index is 2.03. The van der Waals surface area contributed by atoms with E-state index in [9.17, 15) is 0 Å². The van der Waals surface area contributed by atoms with Crippen LogP contribution in [0.5, 0.6) is 0 Å². The Labute approximate surface area is 122 Å². The van der Waals surface area contributed by atoms with E-state index in [-0.39, 0.29) is 0 Å². The summed E-state index contributed by atoms with van der Waals surface area (Å²) >= 11 is 3.49. The predicted molar refractivity (Wildman–Crippen MR) is 83.1 cm³/mol. The number of anilines is 1. The molecule has 0 radical (unpaired) electrons. The smallest absolute Gasteiger partial charge is 0.201 e. The number of nitrogens with zero attached hydrogens (tertiary/aromatic N) is 2. The average molecular weight is 322 g/mol. The lowest BCUT2D eigenvalue weighted by molar-refractivity contribution is 0.215. The van der Waals surface area contributed by atoms with Crippen LogP contribution < -0.4 is 5.73 Å². The maximum atomic E-state index is 6.15. The molecule has 1 saturated carbocycles. The molecule has 2 N–H and O–H groups in total. The lowest BCUT2D eigenvalue weighted by Gasteiger charge is -2.33. The van der Waals surface area contributed by atoms with E-state index in [4.69, 9.17) is 5.73 Å². The molecular formula is C15H20BrN3. The van der Waals surface area contributed by atoms with Gasteiger partial charge in [0.15, 0.2) is 0 Å². The van der Waals surface area contributed by atoms with Crippen LogP contribution in [0.3, 0.4) is 0 Å². The number of rotatable bonds is 1. The van der Waals surface area contributed by atoms with Gasteiger partial charge in [0.05, 0.1) is 11.0 Å². The monoisotopic (exact) mass is 321 g/mol. The molecular weight excluding hydrogens is 302 g/mol. The van der Waals surface area contributed by atoms with E-state index < -0.39 is 0 Å². The van der Waals surface area contributed by atoms with Crippen molar-refractivity contribution in [1.82, 2.24) is 9.55 Å². The fourth-order valence-corrected chi connectivity index (χ4v) is 3.58. The molecule has 0 amide bonds. The summed E-state index contributed by atoms with van der Waals surface area (Å²) in [5.74, 6) is 2.23. The number of halogens is 1. The number of hydrogen-bond acceptors (Lipinski definition) is 2. The molecule has 1 fully saturated rings. The number of aromatic nitrogens is 2. The van der Waals surface area contributed by atoms with E-state index in [0.717, 1.165) is 27.3 Å². The highest BCUT2D eigenvalue weighted by Crippen LogP contribution is 2.39. The summed E-state index contributed by atoms with van der Waals surface area (Å²) in [6, 6.07) is 6.72. The van der Waals surface area contributed by atoms with Gasteiger partial charge < -0.3 is 10.3 Å². The largest absolute Gasteiger partial charge is 0.369 e. The summed E-state index contributed by atoms with van der Waals surface area (Å²) in [6.45, 7) is 4.70. The van der Waals surface area contributed by atoms with Crippen molar-refractivity contribution < 1.29 is 0 Å². The lowest BCUT2D eigenvalue weighted by atomic mass is 9.79. The third-order valence-electron chi connectivity index (χ3n) is 4.61. The van der Waals surface area contributed by atoms with E-state index in [1.165, 1.54) is 19.3 Å². The Morgan fingerprint density at radius 2 is 2.05 bits per heavy atom. The van der Waals surface area contributed by atoms with Crippen molar-refractivity contribution in [1.29, 1.82) is 0 Å². The summed E-state index contributed by atoms with van der Waals surface area (Å²) in [5, 5.41) is 0. The number of nitrogen functional groups attached to an aromatic ring is 1. The van der Waals surface area contributed by atoms with Gasteiger partial charge in [-0.05, 0) is 49.3 Å². The summed E-state index contributed by atoms with van der Waals surface area (Å²) in [7, 11) is 0. The van der Waals surface area contributed by atoms with Crippen LogP contribution in [-0.2, 0) is 0 Å². The normalized spacial score (nSPS) is 27.8. The molecule has 0 bridgehead atoms. The Morgan fingerprint density at radius 1 is 1.26 bits per heavy atom. The standard InChI is InChI=1S/C15H20BrN3/c1-9-3-5-12(7-10(9)2)19-14-6-4-11(16)8-13(14)18-15(19)17/h4,6,8-10,12H,3,5,7H2,1-2H3,(H2,17,18). The topological polar surface area (TPSA) is 43.8 Å². The molecule has 1 heterocycles. The second-order valence-corrected chi connectivity index (χ2v) is 6.81. The van der Waals surface area contributed by atoms with Gasteiger partial charge in [-0.2, -0.15) is 0 Å². The second-order valence-electron chi connectivity index (χ2n) is 5.89. The molecule has 1 aliphatic rings. The number of fused-ring (bicyclic) bond motifs is 1. The first kappa shape index (κ1) is 13.0. The van der Waals surface area contributed by atoms with Crippen LogP contribution in [0.15, 0.2) is 22.7 Å². The first-order valence-electron chi connectivity index (χ1n) is 6.99. The zero-order chi connectivity index (χ0) is 13.6. The van der Waals surface area contributed by atoms with Crippen LogP contribution in [0.4, 0.5) is 5.95 Å². The van der Waals surface area contributed by atoms with Crippen LogP contribution in [0, 0.1) is 11.8 Å². The number of nitrogens with two attached hydrogens (primary N) is 1. The molecule has 0 spiro atoms. The molecule has 0 aliphatic heterocycles. The first-order chi connectivity index (χ1) is 9.06. The van der Waals surface area contributed by atoms with Crippen molar-refractivity contribution in [3.8, 4) is 0 Å². The quantitative estimate of drug-likeness (QED) is 0.847. The third kappa shape index (κ3) is 2.27. The van der Waals surface area contributed by atoms with Gasteiger partial charge in [-0.1, -0.05) is 29.8 Å². The summed E-state index contributed by atoms with van der Waals surface area (Å²) in [4.78, 5) is 4.50. The van der Waals surface area contributed by atoms with Gasteiger partial charge in [0.1, 0.15) is 0 Å². The maximum absolute atomic E-state index is 6.15. The Hall–Kier alpha value is -1.03. The van der Waals surface area contributed by atoms with Crippen molar-refractivity contribution in [2.45, 2.75) is 39.2 Å². The van der Waals surface area contributed by atoms with E-state index in [0.29, 0.717) is 12.0 Å². The average Bonchev–Trinajstić information content (AvgIpc) is 2.68. The van der Waals surface area contributed by atoms with Crippen molar-refractivity contribution in [3.05, 3.63) is 22.7 Å². The molecule has 19 heavy (non-hydrogen) atoms. The lowest BCUT2D eigenvalue weighted by Crippen LogP contribution is -2.24. The molecule has 102 valence electrons. The highest BCUT2D eigenvalue weighted by molar-refractivity contribution is 9.10. The highest BCUT2D eigenvalue weighted by atomic mass is 79.9. The van der Waals surface area contributed by atoms with E-state index in [2.05, 4.69) is 51.5 Å². The molecule has 1 aromatic carbocycles. The van der Waals surface area contributed by atoms with Gasteiger partial charge in [0.25, 0.3) is 0 Å². The van der Waals surface area contributed by atoms with Gasteiger partial charge in [0, 0.05) is 10.5 Å². The second kappa shape index (κ2) is 4.82. The SMILES string of the molecule is CC1CCC(n2c(N)nc3cc(Br)ccc32)CC1C. The molecule has 2 aromatic rings. The minimum Gasteiger partial charge on any atom is -0.369 e. The third-order valence-corrected chi connectivity index (χ3v) is 5.11. The molecule has 1 aliphatic carbocycles. The van der Waals surface area contributed by atoms with Crippen molar-refractivity contribution in [2.24, 2.45) is 11.8 Å². The van der Waals surface area contributed by atoms with E-state index in [1.54, 1.807) is 0 Å². The van der Waals surface area contributed by atoms with Crippen molar-refractivity contribution >= 4 is 32.9 Å². The van der Waals surface area contributed by atoms with Crippen molar-refractivity contribution in [3.63, 3.8) is 0 Å². The zero-order valence-electron chi connectivity index (χ0n) is 11.4. The predicted octanol–water partition coefficient (Wildman–Crippen LogP) is 4.38. The summed E-state index contributed by atoms with van der Waals surface area (Å²) in [5.41, 5.74) is 8.29. The summed E-state index contributed by atoms with van der Waals surface area (Å²) < 4.78 is 3.29.